The van der Waals surface area contributed by atoms with E-state index < -0.39 is 5.97 Å². The molecule has 1 rings (SSSR count). The summed E-state index contributed by atoms with van der Waals surface area (Å²) >= 11 is 0. The number of rotatable bonds is 3. The number of carbonyl (C=O) groups is 1. The van der Waals surface area contributed by atoms with E-state index in [0.29, 0.717) is 13.0 Å². The van der Waals surface area contributed by atoms with Gasteiger partial charge in [0.1, 0.15) is 0 Å². The predicted octanol–water partition coefficient (Wildman–Crippen LogP) is -0.711. The van der Waals surface area contributed by atoms with Gasteiger partial charge in [0.25, 0.3) is 0 Å². The Morgan fingerprint density at radius 2 is 2.27 bits per heavy atom. The maximum Gasteiger partial charge on any atom is 0.308 e. The molecule has 1 fully saturated rings. The fourth-order valence-corrected chi connectivity index (χ4v) is 1.49. The van der Waals surface area contributed by atoms with Gasteiger partial charge in [0.05, 0.1) is 5.92 Å². The van der Waals surface area contributed by atoms with E-state index in [1.54, 1.807) is 0 Å². The third kappa shape index (κ3) is 1.91. The van der Waals surface area contributed by atoms with Gasteiger partial charge in [-0.3, -0.25) is 4.79 Å². The van der Waals surface area contributed by atoms with E-state index >= 15 is 0 Å². The number of carboxylic acid groups (broad SMARTS) is 1. The summed E-state index contributed by atoms with van der Waals surface area (Å²) in [5, 5.41) is 20.3. The SMILES string of the molecule is O=C(O)[C@@H]1CNC[C@@H]1CCO. The molecule has 3 N–H and O–H groups in total. The molecular weight excluding hydrogens is 146 g/mol. The lowest BCUT2D eigenvalue weighted by molar-refractivity contribution is -0.142. The van der Waals surface area contributed by atoms with Crippen LogP contribution in [0.1, 0.15) is 6.42 Å². The summed E-state index contributed by atoms with van der Waals surface area (Å²) in [4.78, 5) is 10.6. The highest BCUT2D eigenvalue weighted by Gasteiger charge is 2.31. The molecule has 64 valence electrons. The van der Waals surface area contributed by atoms with Crippen LogP contribution in [0, 0.1) is 11.8 Å². The van der Waals surface area contributed by atoms with Crippen LogP contribution in [-0.2, 0) is 4.79 Å². The molecule has 0 aromatic heterocycles. The zero-order chi connectivity index (χ0) is 8.27. The number of hydrogen-bond donors (Lipinski definition) is 3. The van der Waals surface area contributed by atoms with Crippen LogP contribution in [0.15, 0.2) is 0 Å². The topological polar surface area (TPSA) is 69.6 Å². The average molecular weight is 159 g/mol. The normalized spacial score (nSPS) is 30.6. The van der Waals surface area contributed by atoms with E-state index in [2.05, 4.69) is 5.32 Å². The Balaban J connectivity index is 2.44. The van der Waals surface area contributed by atoms with E-state index in [0.717, 1.165) is 6.54 Å². The quantitative estimate of drug-likeness (QED) is 0.508. The van der Waals surface area contributed by atoms with Gasteiger partial charge in [-0.1, -0.05) is 0 Å². The molecule has 0 amide bonds. The molecule has 0 aromatic rings. The molecule has 0 spiro atoms. The summed E-state index contributed by atoms with van der Waals surface area (Å²) in [6.45, 7) is 1.34. The smallest absolute Gasteiger partial charge is 0.308 e. The maximum atomic E-state index is 10.6. The average Bonchev–Trinajstić information content (AvgIpc) is 2.36. The van der Waals surface area contributed by atoms with Crippen molar-refractivity contribution in [1.29, 1.82) is 0 Å². The molecule has 2 atom stereocenters. The van der Waals surface area contributed by atoms with Crippen LogP contribution < -0.4 is 5.32 Å². The molecule has 0 saturated carbocycles. The second-order valence-electron chi connectivity index (χ2n) is 2.88. The Labute approximate surface area is 65.2 Å². The first kappa shape index (κ1) is 8.49. The highest BCUT2D eigenvalue weighted by molar-refractivity contribution is 5.71. The molecule has 0 aromatic carbocycles. The molecule has 0 radical (unpaired) electrons. The van der Waals surface area contributed by atoms with E-state index in [1.807, 2.05) is 0 Å². The van der Waals surface area contributed by atoms with E-state index in [1.165, 1.54) is 0 Å². The molecule has 1 aliphatic heterocycles. The van der Waals surface area contributed by atoms with Gasteiger partial charge in [0.15, 0.2) is 0 Å². The zero-order valence-electron chi connectivity index (χ0n) is 6.29. The third-order valence-electron chi connectivity index (χ3n) is 2.16. The second kappa shape index (κ2) is 3.69. The van der Waals surface area contributed by atoms with Crippen molar-refractivity contribution < 1.29 is 15.0 Å². The van der Waals surface area contributed by atoms with E-state index in [4.69, 9.17) is 10.2 Å². The van der Waals surface area contributed by atoms with Crippen molar-refractivity contribution in [1.82, 2.24) is 5.32 Å². The maximum absolute atomic E-state index is 10.6. The molecule has 0 aliphatic carbocycles. The molecule has 1 heterocycles. The Morgan fingerprint density at radius 1 is 1.55 bits per heavy atom. The van der Waals surface area contributed by atoms with Gasteiger partial charge in [-0.2, -0.15) is 0 Å². The van der Waals surface area contributed by atoms with Crippen molar-refractivity contribution in [3.63, 3.8) is 0 Å². The Morgan fingerprint density at radius 3 is 2.82 bits per heavy atom. The zero-order valence-corrected chi connectivity index (χ0v) is 6.29. The van der Waals surface area contributed by atoms with Gasteiger partial charge in [-0.05, 0) is 18.9 Å². The van der Waals surface area contributed by atoms with Crippen LogP contribution in [0.5, 0.6) is 0 Å². The predicted molar refractivity (Wildman–Crippen MR) is 39.2 cm³/mol. The fraction of sp³-hybridized carbons (Fsp3) is 0.857. The molecule has 0 unspecified atom stereocenters. The lowest BCUT2D eigenvalue weighted by atomic mass is 9.93. The van der Waals surface area contributed by atoms with Crippen LogP contribution in [0.3, 0.4) is 0 Å². The van der Waals surface area contributed by atoms with Crippen LogP contribution in [0.2, 0.25) is 0 Å². The van der Waals surface area contributed by atoms with Gasteiger partial charge in [-0.25, -0.2) is 0 Å². The number of aliphatic hydroxyl groups is 1. The minimum absolute atomic E-state index is 0.0795. The first-order valence-corrected chi connectivity index (χ1v) is 3.80. The Bertz CT molecular complexity index is 149. The minimum Gasteiger partial charge on any atom is -0.481 e. The summed E-state index contributed by atoms with van der Waals surface area (Å²) in [6, 6.07) is 0. The van der Waals surface area contributed by atoms with Gasteiger partial charge >= 0.3 is 5.97 Å². The largest absolute Gasteiger partial charge is 0.481 e. The Hall–Kier alpha value is -0.610. The molecule has 1 aliphatic rings. The van der Waals surface area contributed by atoms with E-state index in [9.17, 15) is 4.79 Å². The molecule has 11 heavy (non-hydrogen) atoms. The van der Waals surface area contributed by atoms with Gasteiger partial charge in [-0.15, -0.1) is 0 Å². The fourth-order valence-electron chi connectivity index (χ4n) is 1.49. The lowest BCUT2D eigenvalue weighted by Crippen LogP contribution is -2.22. The van der Waals surface area contributed by atoms with Crippen molar-refractivity contribution in [2.45, 2.75) is 6.42 Å². The van der Waals surface area contributed by atoms with Crippen molar-refractivity contribution in [3.8, 4) is 0 Å². The van der Waals surface area contributed by atoms with Crippen LogP contribution in [0.4, 0.5) is 0 Å². The van der Waals surface area contributed by atoms with Crippen molar-refractivity contribution in [2.24, 2.45) is 11.8 Å². The molecule has 4 nitrogen and oxygen atoms in total. The van der Waals surface area contributed by atoms with Crippen molar-refractivity contribution in [3.05, 3.63) is 0 Å². The van der Waals surface area contributed by atoms with Gasteiger partial charge in [0.2, 0.25) is 0 Å². The number of carboxylic acids is 1. The molecule has 0 bridgehead atoms. The van der Waals surface area contributed by atoms with E-state index in [-0.39, 0.29) is 18.4 Å². The number of nitrogens with one attached hydrogen (secondary N) is 1. The molecule has 1 saturated heterocycles. The van der Waals surface area contributed by atoms with Gasteiger partial charge < -0.3 is 15.5 Å². The molecule has 4 heteroatoms. The van der Waals surface area contributed by atoms with Crippen LogP contribution >= 0.6 is 0 Å². The van der Waals surface area contributed by atoms with Crippen LogP contribution in [-0.4, -0.2) is 35.9 Å². The summed E-state index contributed by atoms with van der Waals surface area (Å²) in [7, 11) is 0. The van der Waals surface area contributed by atoms with Crippen molar-refractivity contribution in [2.75, 3.05) is 19.7 Å². The second-order valence-corrected chi connectivity index (χ2v) is 2.88. The van der Waals surface area contributed by atoms with Crippen molar-refractivity contribution >= 4 is 5.97 Å². The first-order valence-electron chi connectivity index (χ1n) is 3.80. The summed E-state index contributed by atoms with van der Waals surface area (Å²) in [5.41, 5.74) is 0. The summed E-state index contributed by atoms with van der Waals surface area (Å²) < 4.78 is 0. The minimum atomic E-state index is -0.756. The molecular formula is C7H13NO3. The standard InChI is InChI=1S/C7H13NO3/c9-2-1-5-3-8-4-6(5)7(10)11/h5-6,8-9H,1-4H2,(H,10,11)/t5-,6+/m0/s1. The number of aliphatic carboxylic acids is 1. The lowest BCUT2D eigenvalue weighted by Gasteiger charge is -2.11. The number of hydrogen-bond acceptors (Lipinski definition) is 3. The van der Waals surface area contributed by atoms with Crippen LogP contribution in [0.25, 0.3) is 0 Å². The highest BCUT2D eigenvalue weighted by Crippen LogP contribution is 2.19. The third-order valence-corrected chi connectivity index (χ3v) is 2.16. The Kier molecular flexibility index (Phi) is 2.84. The highest BCUT2D eigenvalue weighted by atomic mass is 16.4. The summed E-state index contributed by atoms with van der Waals surface area (Å²) in [6.07, 6.45) is 0.587. The number of aliphatic hydroxyl groups excluding tert-OH is 1. The monoisotopic (exact) mass is 159 g/mol. The van der Waals surface area contributed by atoms with Gasteiger partial charge in [0, 0.05) is 13.2 Å². The first-order chi connectivity index (χ1) is 5.25. The summed E-state index contributed by atoms with van der Waals surface area (Å²) in [5.74, 6) is -0.951.